The fourth-order valence-corrected chi connectivity index (χ4v) is 4.94. The Balaban J connectivity index is 1.31. The molecule has 0 radical (unpaired) electrons. The number of nitrogens with one attached hydrogen (secondary N) is 1. The molecule has 2 unspecified atom stereocenters. The van der Waals surface area contributed by atoms with Crippen LogP contribution in [0.2, 0.25) is 0 Å². The van der Waals surface area contributed by atoms with Gasteiger partial charge in [0.15, 0.2) is 0 Å². The number of nitrogens with zero attached hydrogens (tertiary/aromatic N) is 3. The molecule has 2 aliphatic heterocycles. The van der Waals surface area contributed by atoms with Crippen LogP contribution in [-0.4, -0.2) is 78.7 Å². The van der Waals surface area contributed by atoms with Crippen molar-refractivity contribution < 1.29 is 23.9 Å². The number of unbranched alkanes of at least 4 members (excludes halogenated alkanes) is 2. The lowest BCUT2D eigenvalue weighted by Crippen LogP contribution is -2.46. The molecule has 0 saturated carbocycles. The molecule has 9 heteroatoms. The van der Waals surface area contributed by atoms with E-state index in [9.17, 15) is 19.2 Å². The van der Waals surface area contributed by atoms with Gasteiger partial charge in [-0.25, -0.2) is 9.59 Å². The number of allylic oxidation sites excluding steroid dienone is 1. The Kier molecular flexibility index (Phi) is 10.2. The number of imide groups is 1. The monoisotopic (exact) mass is 486 g/mol. The molecule has 0 aromatic heterocycles. The highest BCUT2D eigenvalue weighted by Gasteiger charge is 2.36. The highest BCUT2D eigenvalue weighted by Crippen LogP contribution is 2.23. The van der Waals surface area contributed by atoms with Crippen molar-refractivity contribution in [3.05, 3.63) is 23.8 Å². The predicted octanol–water partition coefficient (Wildman–Crippen LogP) is 3.01. The number of piperidine rings is 1. The van der Waals surface area contributed by atoms with E-state index in [4.69, 9.17) is 0 Å². The van der Waals surface area contributed by atoms with E-state index in [1.807, 2.05) is 0 Å². The third kappa shape index (κ3) is 7.34. The number of amides is 4. The zero-order valence-electron chi connectivity index (χ0n) is 21.0. The number of esters is 1. The number of ether oxygens (including phenoxy) is 1. The maximum absolute atomic E-state index is 12.7. The van der Waals surface area contributed by atoms with Gasteiger partial charge in [-0.2, -0.15) is 4.99 Å². The molecule has 1 N–H and O–H groups in total. The highest BCUT2D eigenvalue weighted by molar-refractivity contribution is 6.23. The molecule has 1 aliphatic carbocycles. The summed E-state index contributed by atoms with van der Waals surface area (Å²) in [6, 6.07) is 0.0760. The van der Waals surface area contributed by atoms with Gasteiger partial charge in [-0.05, 0) is 51.1 Å². The summed E-state index contributed by atoms with van der Waals surface area (Å²) < 4.78 is 4.67. The largest absolute Gasteiger partial charge is 0.465 e. The third-order valence-electron chi connectivity index (χ3n) is 6.95. The molecule has 3 rings (SSSR count). The van der Waals surface area contributed by atoms with Crippen molar-refractivity contribution >= 4 is 29.5 Å². The van der Waals surface area contributed by atoms with Gasteiger partial charge in [-0.15, -0.1) is 0 Å². The maximum Gasteiger partial charge on any atom is 0.350 e. The standard InChI is InChI=1S/C26H38N4O5/c1-3-20-10-6-8-15-29(20)16-9-14-27-23(31)11-5-4-7-17-30-24(32)21-13-12-19(25(33)35-2)18-22(21)28-26(30)34/h12-13,18,20-21H,3-11,14-17H2,1-2H3,(H,27,31). The summed E-state index contributed by atoms with van der Waals surface area (Å²) >= 11 is 0. The molecule has 2 atom stereocenters. The van der Waals surface area contributed by atoms with Crippen LogP contribution in [-0.2, 0) is 19.1 Å². The van der Waals surface area contributed by atoms with Crippen LogP contribution < -0.4 is 5.32 Å². The fourth-order valence-electron chi connectivity index (χ4n) is 4.94. The fraction of sp³-hybridized carbons (Fsp3) is 0.654. The Morgan fingerprint density at radius 2 is 1.97 bits per heavy atom. The third-order valence-corrected chi connectivity index (χ3v) is 6.95. The summed E-state index contributed by atoms with van der Waals surface area (Å²) in [5.41, 5.74) is 0.521. The minimum absolute atomic E-state index is 0.0515. The second kappa shape index (κ2) is 13.3. The number of aliphatic imine (C=N–C) groups is 1. The number of hydrogen-bond donors (Lipinski definition) is 1. The Bertz CT molecular complexity index is 894. The predicted molar refractivity (Wildman–Crippen MR) is 133 cm³/mol. The van der Waals surface area contributed by atoms with E-state index < -0.39 is 17.9 Å². The van der Waals surface area contributed by atoms with E-state index in [1.165, 1.54) is 51.5 Å². The van der Waals surface area contributed by atoms with Crippen molar-refractivity contribution in [1.29, 1.82) is 0 Å². The van der Waals surface area contributed by atoms with Crippen LogP contribution in [0.1, 0.15) is 64.7 Å². The van der Waals surface area contributed by atoms with Gasteiger partial charge in [-0.3, -0.25) is 14.5 Å². The highest BCUT2D eigenvalue weighted by atomic mass is 16.5. The van der Waals surface area contributed by atoms with Gasteiger partial charge in [0, 0.05) is 32.1 Å². The van der Waals surface area contributed by atoms with Crippen molar-refractivity contribution in [3.8, 4) is 0 Å². The smallest absolute Gasteiger partial charge is 0.350 e. The van der Waals surface area contributed by atoms with Crippen LogP contribution in [0.15, 0.2) is 28.8 Å². The van der Waals surface area contributed by atoms with Crippen molar-refractivity contribution in [2.24, 2.45) is 10.9 Å². The lowest BCUT2D eigenvalue weighted by Gasteiger charge is -2.35. The minimum Gasteiger partial charge on any atom is -0.465 e. The first-order valence-electron chi connectivity index (χ1n) is 12.9. The minimum atomic E-state index is -0.663. The second-order valence-corrected chi connectivity index (χ2v) is 9.35. The first-order chi connectivity index (χ1) is 16.9. The van der Waals surface area contributed by atoms with Gasteiger partial charge in [0.2, 0.25) is 11.8 Å². The van der Waals surface area contributed by atoms with Crippen LogP contribution in [0.4, 0.5) is 4.79 Å². The van der Waals surface area contributed by atoms with Crippen LogP contribution in [0, 0.1) is 5.92 Å². The summed E-state index contributed by atoms with van der Waals surface area (Å²) in [4.78, 5) is 56.6. The topological polar surface area (TPSA) is 108 Å². The van der Waals surface area contributed by atoms with Crippen molar-refractivity contribution in [3.63, 3.8) is 0 Å². The van der Waals surface area contributed by atoms with Crippen LogP contribution in [0.25, 0.3) is 0 Å². The second-order valence-electron chi connectivity index (χ2n) is 9.35. The number of carbonyl (C=O) groups excluding carboxylic acids is 4. The molecule has 0 bridgehead atoms. The van der Waals surface area contributed by atoms with E-state index in [0.29, 0.717) is 31.8 Å². The van der Waals surface area contributed by atoms with Gasteiger partial charge < -0.3 is 15.0 Å². The maximum atomic E-state index is 12.7. The quantitative estimate of drug-likeness (QED) is 0.336. The van der Waals surface area contributed by atoms with Crippen molar-refractivity contribution in [2.45, 2.75) is 70.8 Å². The van der Waals surface area contributed by atoms with E-state index in [2.05, 4.69) is 26.9 Å². The van der Waals surface area contributed by atoms with E-state index in [-0.39, 0.29) is 29.6 Å². The lowest BCUT2D eigenvalue weighted by molar-refractivity contribution is -0.136. The number of hydrogen-bond acceptors (Lipinski definition) is 6. The summed E-state index contributed by atoms with van der Waals surface area (Å²) in [7, 11) is 1.27. The first-order valence-corrected chi connectivity index (χ1v) is 12.9. The SMILES string of the molecule is CCC1CCCCN1CCCNC(=O)CCCCCN1C(=O)N=C2C=C(C(=O)OC)C=CC2C1=O. The molecule has 9 nitrogen and oxygen atoms in total. The number of fused-ring (bicyclic) bond motifs is 1. The Hall–Kier alpha value is -2.81. The van der Waals surface area contributed by atoms with Crippen molar-refractivity contribution in [2.75, 3.05) is 33.3 Å². The normalized spacial score (nSPS) is 22.4. The molecule has 2 heterocycles. The average molecular weight is 487 g/mol. The van der Waals surface area contributed by atoms with Crippen LogP contribution in [0.5, 0.6) is 0 Å². The van der Waals surface area contributed by atoms with Gasteiger partial charge in [0.25, 0.3) is 0 Å². The number of methoxy groups -OCH3 is 1. The number of carbonyl (C=O) groups is 4. The van der Waals surface area contributed by atoms with Gasteiger partial charge >= 0.3 is 12.0 Å². The van der Waals surface area contributed by atoms with E-state index >= 15 is 0 Å². The van der Waals surface area contributed by atoms with Gasteiger partial charge in [0.05, 0.1) is 24.3 Å². The summed E-state index contributed by atoms with van der Waals surface area (Å²) in [5.74, 6) is -1.49. The molecular weight excluding hydrogens is 448 g/mol. The molecule has 0 aromatic carbocycles. The number of rotatable bonds is 12. The molecule has 1 fully saturated rings. The molecule has 0 aromatic rings. The first kappa shape index (κ1) is 26.8. The molecule has 0 spiro atoms. The van der Waals surface area contributed by atoms with E-state index in [0.717, 1.165) is 24.3 Å². The molecule has 192 valence electrons. The molecular formula is C26H38N4O5. The molecule has 1 saturated heterocycles. The lowest BCUT2D eigenvalue weighted by atomic mass is 9.92. The van der Waals surface area contributed by atoms with Crippen LogP contribution in [0.3, 0.4) is 0 Å². The summed E-state index contributed by atoms with van der Waals surface area (Å²) in [5, 5.41) is 3.01. The Labute approximate surface area is 207 Å². The Morgan fingerprint density at radius 1 is 1.14 bits per heavy atom. The van der Waals surface area contributed by atoms with Crippen LogP contribution >= 0.6 is 0 Å². The number of likely N-dealkylation sites (tertiary alicyclic amines) is 1. The Morgan fingerprint density at radius 3 is 2.74 bits per heavy atom. The zero-order valence-corrected chi connectivity index (χ0v) is 21.0. The van der Waals surface area contributed by atoms with Crippen molar-refractivity contribution in [1.82, 2.24) is 15.1 Å². The molecule has 3 aliphatic rings. The molecule has 35 heavy (non-hydrogen) atoms. The molecule has 4 amide bonds. The summed E-state index contributed by atoms with van der Waals surface area (Å²) in [6.07, 6.45) is 13.1. The van der Waals surface area contributed by atoms with Gasteiger partial charge in [0.1, 0.15) is 0 Å². The zero-order chi connectivity index (χ0) is 25.2. The van der Waals surface area contributed by atoms with Gasteiger partial charge in [-0.1, -0.05) is 31.9 Å². The number of urea groups is 1. The summed E-state index contributed by atoms with van der Waals surface area (Å²) in [6.45, 7) is 5.42. The average Bonchev–Trinajstić information content (AvgIpc) is 2.87. The van der Waals surface area contributed by atoms with E-state index in [1.54, 1.807) is 6.08 Å².